The molecule has 3 aromatic rings. The van der Waals surface area contributed by atoms with Crippen molar-refractivity contribution in [2.24, 2.45) is 0 Å². The first-order chi connectivity index (χ1) is 12.2. The van der Waals surface area contributed by atoms with Gasteiger partial charge in [-0.3, -0.25) is 4.98 Å². The molecule has 3 rings (SSSR count). The number of ether oxygens (including phenoxy) is 1. The largest absolute Gasteiger partial charge is 0.492 e. The number of nitrogen functional groups attached to an aromatic ring is 1. The molecule has 0 unspecified atom stereocenters. The van der Waals surface area contributed by atoms with Gasteiger partial charge >= 0.3 is 0 Å². The molecular weight excluding hydrogens is 310 g/mol. The van der Waals surface area contributed by atoms with E-state index >= 15 is 0 Å². The third-order valence-electron chi connectivity index (χ3n) is 4.49. The van der Waals surface area contributed by atoms with Crippen molar-refractivity contribution in [1.82, 2.24) is 9.88 Å². The van der Waals surface area contributed by atoms with Gasteiger partial charge in [0.1, 0.15) is 12.4 Å². The molecule has 1 heterocycles. The molecule has 1 aromatic heterocycles. The predicted octanol–water partition coefficient (Wildman–Crippen LogP) is 4.20. The van der Waals surface area contributed by atoms with Crippen molar-refractivity contribution in [3.8, 4) is 16.9 Å². The zero-order valence-corrected chi connectivity index (χ0v) is 14.9. The molecule has 4 nitrogen and oxygen atoms in total. The first-order valence-corrected chi connectivity index (χ1v) is 8.81. The van der Waals surface area contributed by atoms with Crippen LogP contribution in [0.5, 0.6) is 5.75 Å². The second-order valence-corrected chi connectivity index (χ2v) is 6.01. The lowest BCUT2D eigenvalue weighted by Crippen LogP contribution is -2.28. The fourth-order valence-electron chi connectivity index (χ4n) is 3.03. The minimum absolute atomic E-state index is 0.635. The number of benzene rings is 2. The van der Waals surface area contributed by atoms with Crippen molar-refractivity contribution in [1.29, 1.82) is 0 Å². The highest BCUT2D eigenvalue weighted by Crippen LogP contribution is 2.35. The normalized spacial score (nSPS) is 11.2. The second kappa shape index (κ2) is 7.99. The summed E-state index contributed by atoms with van der Waals surface area (Å²) in [5.74, 6) is 0.810. The number of likely N-dealkylation sites (N-methyl/N-ethyl adjacent to an activating group) is 1. The van der Waals surface area contributed by atoms with Gasteiger partial charge in [-0.1, -0.05) is 38.1 Å². The van der Waals surface area contributed by atoms with Crippen molar-refractivity contribution >= 4 is 16.6 Å². The van der Waals surface area contributed by atoms with E-state index in [1.165, 1.54) is 0 Å². The lowest BCUT2D eigenvalue weighted by molar-refractivity contribution is 0.223. The van der Waals surface area contributed by atoms with Gasteiger partial charge < -0.3 is 15.4 Å². The molecule has 0 saturated heterocycles. The number of aromatic nitrogens is 1. The molecule has 25 heavy (non-hydrogen) atoms. The van der Waals surface area contributed by atoms with Crippen LogP contribution in [0.25, 0.3) is 22.0 Å². The highest BCUT2D eigenvalue weighted by Gasteiger charge is 2.11. The number of nitrogens with zero attached hydrogens (tertiary/aromatic N) is 2. The Bertz CT molecular complexity index is 838. The number of nitrogens with two attached hydrogens (primary N) is 1. The van der Waals surface area contributed by atoms with Gasteiger partial charge in [0.25, 0.3) is 0 Å². The maximum absolute atomic E-state index is 6.11. The maximum Gasteiger partial charge on any atom is 0.129 e. The fraction of sp³-hybridized carbons (Fsp3) is 0.286. The van der Waals surface area contributed by atoms with Crippen LogP contribution in [-0.4, -0.2) is 36.1 Å². The van der Waals surface area contributed by atoms with Crippen molar-refractivity contribution in [2.45, 2.75) is 13.8 Å². The van der Waals surface area contributed by atoms with Crippen molar-refractivity contribution < 1.29 is 4.74 Å². The molecule has 0 aliphatic carbocycles. The Morgan fingerprint density at radius 2 is 1.80 bits per heavy atom. The number of hydrogen-bond donors (Lipinski definition) is 1. The van der Waals surface area contributed by atoms with E-state index in [-0.39, 0.29) is 0 Å². The van der Waals surface area contributed by atoms with E-state index < -0.39 is 0 Å². The third kappa shape index (κ3) is 3.91. The first-order valence-electron chi connectivity index (χ1n) is 8.81. The highest BCUT2D eigenvalue weighted by atomic mass is 16.5. The molecule has 2 N–H and O–H groups in total. The Morgan fingerprint density at radius 3 is 2.60 bits per heavy atom. The zero-order valence-electron chi connectivity index (χ0n) is 14.9. The van der Waals surface area contributed by atoms with Gasteiger partial charge in [-0.25, -0.2) is 0 Å². The minimum atomic E-state index is 0.635. The molecule has 0 fully saturated rings. The van der Waals surface area contributed by atoms with E-state index in [4.69, 9.17) is 10.5 Å². The van der Waals surface area contributed by atoms with Gasteiger partial charge in [0.05, 0.1) is 5.52 Å². The monoisotopic (exact) mass is 335 g/mol. The van der Waals surface area contributed by atoms with Gasteiger partial charge in [-0.15, -0.1) is 0 Å². The number of para-hydroxylation sites is 1. The number of pyridine rings is 1. The summed E-state index contributed by atoms with van der Waals surface area (Å²) in [5, 5.41) is 1.12. The van der Waals surface area contributed by atoms with E-state index in [1.54, 1.807) is 0 Å². The Balaban J connectivity index is 1.93. The van der Waals surface area contributed by atoms with Crippen LogP contribution in [0.3, 0.4) is 0 Å². The quantitative estimate of drug-likeness (QED) is 0.657. The van der Waals surface area contributed by atoms with Crippen LogP contribution in [0.15, 0.2) is 54.7 Å². The average Bonchev–Trinajstić information content (AvgIpc) is 2.65. The molecule has 0 amide bonds. The Morgan fingerprint density at radius 1 is 1.00 bits per heavy atom. The Kier molecular flexibility index (Phi) is 5.51. The molecular formula is C21H25N3O. The van der Waals surface area contributed by atoms with E-state index in [0.29, 0.717) is 12.3 Å². The summed E-state index contributed by atoms with van der Waals surface area (Å²) >= 11 is 0. The maximum atomic E-state index is 6.11. The van der Waals surface area contributed by atoms with Crippen LogP contribution >= 0.6 is 0 Å². The number of anilines is 1. The molecule has 130 valence electrons. The zero-order chi connectivity index (χ0) is 17.6. The summed E-state index contributed by atoms with van der Waals surface area (Å²) in [4.78, 5) is 6.90. The van der Waals surface area contributed by atoms with Crippen LogP contribution in [0.1, 0.15) is 13.8 Å². The predicted molar refractivity (Wildman–Crippen MR) is 105 cm³/mol. The van der Waals surface area contributed by atoms with Gasteiger partial charge in [0, 0.05) is 41.0 Å². The van der Waals surface area contributed by atoms with Crippen LogP contribution in [0.2, 0.25) is 0 Å². The fourth-order valence-corrected chi connectivity index (χ4v) is 3.03. The smallest absolute Gasteiger partial charge is 0.129 e. The molecule has 0 atom stereocenters. The van der Waals surface area contributed by atoms with E-state index in [0.717, 1.165) is 47.4 Å². The van der Waals surface area contributed by atoms with E-state index in [2.05, 4.69) is 48.0 Å². The second-order valence-electron chi connectivity index (χ2n) is 6.01. The van der Waals surface area contributed by atoms with Gasteiger partial charge in [-0.2, -0.15) is 0 Å². The summed E-state index contributed by atoms with van der Waals surface area (Å²) < 4.78 is 6.11. The Hall–Kier alpha value is -2.59. The summed E-state index contributed by atoms with van der Waals surface area (Å²) in [6, 6.07) is 16.1. The van der Waals surface area contributed by atoms with Crippen LogP contribution in [0, 0.1) is 0 Å². The minimum Gasteiger partial charge on any atom is -0.492 e. The highest BCUT2D eigenvalue weighted by molar-refractivity contribution is 5.95. The first kappa shape index (κ1) is 17.2. The molecule has 0 saturated carbocycles. The lowest BCUT2D eigenvalue weighted by atomic mass is 10.0. The SMILES string of the molecule is CCN(CC)CCOc1cc(N)ccc1-c1cccc2cccnc12. The van der Waals surface area contributed by atoms with Crippen molar-refractivity contribution in [3.63, 3.8) is 0 Å². The Labute approximate surface area is 149 Å². The van der Waals surface area contributed by atoms with E-state index in [9.17, 15) is 0 Å². The molecule has 0 bridgehead atoms. The number of fused-ring (bicyclic) bond motifs is 1. The molecule has 4 heteroatoms. The molecule has 0 spiro atoms. The molecule has 2 aromatic carbocycles. The summed E-state index contributed by atoms with van der Waals surface area (Å²) in [5.41, 5.74) is 9.77. The summed E-state index contributed by atoms with van der Waals surface area (Å²) in [6.07, 6.45) is 1.82. The third-order valence-corrected chi connectivity index (χ3v) is 4.49. The topological polar surface area (TPSA) is 51.4 Å². The van der Waals surface area contributed by atoms with Crippen LogP contribution in [0.4, 0.5) is 5.69 Å². The summed E-state index contributed by atoms with van der Waals surface area (Å²) in [7, 11) is 0. The lowest BCUT2D eigenvalue weighted by Gasteiger charge is -2.19. The molecule has 0 aliphatic rings. The standard InChI is InChI=1S/C21H25N3O/c1-3-24(4-2)13-14-25-20-15-17(22)10-11-18(20)19-9-5-7-16-8-6-12-23-21(16)19/h5-12,15H,3-4,13-14,22H2,1-2H3. The molecule has 0 aliphatic heterocycles. The number of rotatable bonds is 7. The van der Waals surface area contributed by atoms with E-state index in [1.807, 2.05) is 30.5 Å². The van der Waals surface area contributed by atoms with Crippen molar-refractivity contribution in [2.75, 3.05) is 32.0 Å². The van der Waals surface area contributed by atoms with Crippen molar-refractivity contribution in [3.05, 3.63) is 54.7 Å². The van der Waals surface area contributed by atoms with Crippen LogP contribution < -0.4 is 10.5 Å². The number of hydrogen-bond acceptors (Lipinski definition) is 4. The van der Waals surface area contributed by atoms with Gasteiger partial charge in [-0.05, 0) is 31.3 Å². The van der Waals surface area contributed by atoms with Gasteiger partial charge in [0.15, 0.2) is 0 Å². The van der Waals surface area contributed by atoms with Crippen LogP contribution in [-0.2, 0) is 0 Å². The van der Waals surface area contributed by atoms with Gasteiger partial charge in [0.2, 0.25) is 0 Å². The average molecular weight is 335 g/mol. The molecule has 0 radical (unpaired) electrons. The summed E-state index contributed by atoms with van der Waals surface area (Å²) in [6.45, 7) is 7.91.